The topological polar surface area (TPSA) is 26.3 Å². The van der Waals surface area contributed by atoms with E-state index in [0.29, 0.717) is 0 Å². The third-order valence-electron chi connectivity index (χ3n) is 4.56. The Labute approximate surface area is 211 Å². The summed E-state index contributed by atoms with van der Waals surface area (Å²) in [5.74, 6) is 8.12. The quantitative estimate of drug-likeness (QED) is 0.130. The average molecular weight is 507 g/mol. The highest BCUT2D eigenvalue weighted by Crippen LogP contribution is 2.17. The molecule has 0 amide bonds. The zero-order valence-electron chi connectivity index (χ0n) is 18.7. The second kappa shape index (κ2) is 18.5. The molecule has 2 aromatic carbocycles. The number of carbonyl (C=O) groups is 1. The highest BCUT2D eigenvalue weighted by atomic mass is 32.2. The summed E-state index contributed by atoms with van der Waals surface area (Å²) in [5.41, 5.74) is 2.80. The van der Waals surface area contributed by atoms with Gasteiger partial charge in [-0.2, -0.15) is 47.0 Å². The number of hydrogen-bond donors (Lipinski definition) is 0. The van der Waals surface area contributed by atoms with Crippen LogP contribution >= 0.6 is 47.0 Å². The molecule has 0 radical (unpaired) electrons. The highest BCUT2D eigenvalue weighted by Gasteiger charge is 2.13. The Bertz CT molecular complexity index is 687. The molecule has 0 bridgehead atoms. The van der Waals surface area contributed by atoms with E-state index in [1.165, 1.54) is 17.2 Å². The fourth-order valence-electron chi connectivity index (χ4n) is 2.87. The van der Waals surface area contributed by atoms with Crippen LogP contribution in [-0.2, 0) is 22.4 Å². The van der Waals surface area contributed by atoms with Crippen molar-refractivity contribution in [3.63, 3.8) is 0 Å². The van der Waals surface area contributed by atoms with Crippen LogP contribution in [0.25, 0.3) is 0 Å². The van der Waals surface area contributed by atoms with Gasteiger partial charge in [0.15, 0.2) is 0 Å². The molecule has 0 fully saturated rings. The normalized spacial score (nSPS) is 10.9. The van der Waals surface area contributed by atoms with E-state index < -0.39 is 0 Å². The maximum Gasteiger partial charge on any atom is 0.330 e. The van der Waals surface area contributed by atoms with Gasteiger partial charge < -0.3 is 4.74 Å². The maximum absolute atomic E-state index is 11.7. The van der Waals surface area contributed by atoms with Crippen molar-refractivity contribution >= 4 is 53.0 Å². The Morgan fingerprint density at radius 3 is 1.59 bits per heavy atom. The van der Waals surface area contributed by atoms with E-state index in [-0.39, 0.29) is 12.1 Å². The monoisotopic (exact) mass is 506 g/mol. The lowest BCUT2D eigenvalue weighted by Crippen LogP contribution is -2.23. The Kier molecular flexibility index (Phi) is 15.8. The third kappa shape index (κ3) is 13.6. The smallest absolute Gasteiger partial charge is 0.330 e. The van der Waals surface area contributed by atoms with Gasteiger partial charge in [0.1, 0.15) is 6.10 Å². The van der Waals surface area contributed by atoms with Gasteiger partial charge in [0.05, 0.1) is 0 Å². The summed E-state index contributed by atoms with van der Waals surface area (Å²) in [6.07, 6.45) is 3.46. The van der Waals surface area contributed by atoms with E-state index >= 15 is 0 Å². The van der Waals surface area contributed by atoms with Gasteiger partial charge in [0, 0.05) is 40.6 Å². The van der Waals surface area contributed by atoms with Gasteiger partial charge in [-0.05, 0) is 35.5 Å². The fraction of sp³-hybridized carbons (Fsp3) is 0.423. The van der Waals surface area contributed by atoms with E-state index in [9.17, 15) is 4.79 Å². The number of thioether (sulfide) groups is 4. The number of aryl methyl sites for hydroxylation is 2. The Morgan fingerprint density at radius 2 is 1.16 bits per heavy atom. The van der Waals surface area contributed by atoms with E-state index in [4.69, 9.17) is 4.74 Å². The molecule has 0 unspecified atom stereocenters. The first-order valence-corrected chi connectivity index (χ1v) is 15.6. The summed E-state index contributed by atoms with van der Waals surface area (Å²) in [7, 11) is 0. The maximum atomic E-state index is 11.7. The van der Waals surface area contributed by atoms with E-state index in [0.717, 1.165) is 58.9 Å². The lowest BCUT2D eigenvalue weighted by atomic mass is 10.2. The number of hydrogen-bond acceptors (Lipinski definition) is 6. The summed E-state index contributed by atoms with van der Waals surface area (Å²) in [5, 5.41) is 0. The predicted octanol–water partition coefficient (Wildman–Crippen LogP) is 6.50. The van der Waals surface area contributed by atoms with Crippen LogP contribution in [0.5, 0.6) is 0 Å². The SMILES string of the molecule is C=CC(=O)OC(CSCCSCCc1ccccc1)CSCCSCCc1ccccc1. The lowest BCUT2D eigenvalue weighted by molar-refractivity contribution is -0.140. The van der Waals surface area contributed by atoms with E-state index in [1.807, 2.05) is 47.0 Å². The Balaban J connectivity index is 1.51. The number of ether oxygens (including phenoxy) is 1. The minimum Gasteiger partial charge on any atom is -0.457 e. The largest absolute Gasteiger partial charge is 0.457 e. The Hall–Kier alpha value is -0.950. The molecule has 0 saturated heterocycles. The molecule has 2 aromatic rings. The summed E-state index contributed by atoms with van der Waals surface area (Å²) in [6, 6.07) is 21.3. The molecule has 0 saturated carbocycles. The molecule has 0 spiro atoms. The van der Waals surface area contributed by atoms with Gasteiger partial charge >= 0.3 is 5.97 Å². The zero-order chi connectivity index (χ0) is 22.7. The molecule has 0 aliphatic rings. The fourth-order valence-corrected chi connectivity index (χ4v) is 7.30. The van der Waals surface area contributed by atoms with Crippen LogP contribution in [0.1, 0.15) is 11.1 Å². The van der Waals surface area contributed by atoms with Crippen molar-refractivity contribution in [2.45, 2.75) is 18.9 Å². The molecule has 0 aliphatic carbocycles. The van der Waals surface area contributed by atoms with Crippen molar-refractivity contribution in [1.82, 2.24) is 0 Å². The van der Waals surface area contributed by atoms with Crippen molar-refractivity contribution in [2.75, 3.05) is 46.0 Å². The summed E-state index contributed by atoms with van der Waals surface area (Å²) >= 11 is 7.74. The minimum absolute atomic E-state index is 0.0425. The summed E-state index contributed by atoms with van der Waals surface area (Å²) in [4.78, 5) is 11.7. The predicted molar refractivity (Wildman–Crippen MR) is 150 cm³/mol. The van der Waals surface area contributed by atoms with Gasteiger partial charge in [0.2, 0.25) is 0 Å². The molecular weight excluding hydrogens is 473 g/mol. The molecule has 6 heteroatoms. The third-order valence-corrected chi connectivity index (χ3v) is 9.25. The molecule has 0 aromatic heterocycles. The van der Waals surface area contributed by atoms with Crippen LogP contribution in [0.2, 0.25) is 0 Å². The van der Waals surface area contributed by atoms with Gasteiger partial charge in [-0.25, -0.2) is 4.79 Å². The molecule has 0 N–H and O–H groups in total. The number of carbonyl (C=O) groups excluding carboxylic acids is 1. The number of esters is 1. The van der Waals surface area contributed by atoms with Crippen molar-refractivity contribution in [1.29, 1.82) is 0 Å². The van der Waals surface area contributed by atoms with Crippen molar-refractivity contribution in [3.05, 3.63) is 84.4 Å². The van der Waals surface area contributed by atoms with E-state index in [1.54, 1.807) is 0 Å². The first-order chi connectivity index (χ1) is 15.8. The lowest BCUT2D eigenvalue weighted by Gasteiger charge is -2.16. The van der Waals surface area contributed by atoms with Crippen LogP contribution in [0.4, 0.5) is 0 Å². The zero-order valence-corrected chi connectivity index (χ0v) is 21.9. The van der Waals surface area contributed by atoms with Crippen molar-refractivity contribution in [3.8, 4) is 0 Å². The molecule has 174 valence electrons. The Morgan fingerprint density at radius 1 is 0.719 bits per heavy atom. The van der Waals surface area contributed by atoms with Crippen LogP contribution in [0.15, 0.2) is 73.3 Å². The molecule has 2 rings (SSSR count). The van der Waals surface area contributed by atoms with Gasteiger partial charge in [-0.1, -0.05) is 67.2 Å². The molecule has 32 heavy (non-hydrogen) atoms. The standard InChI is InChI=1S/C26H34O2S4/c1-2-26(27)28-25(21-31-19-17-29-15-13-23-9-5-3-6-10-23)22-32-20-18-30-16-14-24-11-7-4-8-12-24/h2-12,25H,1,13-22H2. The average Bonchev–Trinajstić information content (AvgIpc) is 2.83. The van der Waals surface area contributed by atoms with E-state index in [2.05, 4.69) is 67.2 Å². The molecule has 2 nitrogen and oxygen atoms in total. The molecule has 0 heterocycles. The molecule has 0 atom stereocenters. The highest BCUT2D eigenvalue weighted by molar-refractivity contribution is 8.03. The van der Waals surface area contributed by atoms with Crippen molar-refractivity contribution < 1.29 is 9.53 Å². The van der Waals surface area contributed by atoms with Gasteiger partial charge in [0.25, 0.3) is 0 Å². The summed E-state index contributed by atoms with van der Waals surface area (Å²) in [6.45, 7) is 3.53. The molecule has 0 aliphatic heterocycles. The first kappa shape index (κ1) is 27.3. The second-order valence-electron chi connectivity index (χ2n) is 7.11. The summed E-state index contributed by atoms with van der Waals surface area (Å²) < 4.78 is 5.56. The first-order valence-electron chi connectivity index (χ1n) is 11.0. The van der Waals surface area contributed by atoms with Crippen LogP contribution < -0.4 is 0 Å². The van der Waals surface area contributed by atoms with Crippen LogP contribution in [0, 0.1) is 0 Å². The van der Waals surface area contributed by atoms with Crippen LogP contribution in [0.3, 0.4) is 0 Å². The van der Waals surface area contributed by atoms with Crippen LogP contribution in [-0.4, -0.2) is 58.1 Å². The number of rotatable bonds is 18. The molecular formula is C26H34O2S4. The second-order valence-corrected chi connectivity index (χ2v) is 11.9. The van der Waals surface area contributed by atoms with Gasteiger partial charge in [-0.15, -0.1) is 0 Å². The minimum atomic E-state index is -0.314. The number of benzene rings is 2. The van der Waals surface area contributed by atoms with Gasteiger partial charge in [-0.3, -0.25) is 0 Å². The van der Waals surface area contributed by atoms with Crippen molar-refractivity contribution in [2.24, 2.45) is 0 Å².